The summed E-state index contributed by atoms with van der Waals surface area (Å²) in [5, 5.41) is 15.2. The van der Waals surface area contributed by atoms with Gasteiger partial charge in [0.2, 0.25) is 5.95 Å². The number of nitrogens with one attached hydrogen (secondary N) is 1. The maximum absolute atomic E-state index is 10.8. The van der Waals surface area contributed by atoms with Crippen LogP contribution in [-0.4, -0.2) is 27.8 Å². The van der Waals surface area contributed by atoms with Crippen LogP contribution in [0.15, 0.2) is 65.8 Å². The minimum absolute atomic E-state index is 0.0441. The first-order chi connectivity index (χ1) is 16.5. The number of hydrogen-bond acceptors (Lipinski definition) is 7. The van der Waals surface area contributed by atoms with Gasteiger partial charge in [0.25, 0.3) is 5.69 Å². The number of imidazole rings is 1. The molecule has 0 amide bonds. The van der Waals surface area contributed by atoms with E-state index < -0.39 is 4.92 Å². The molecule has 0 aliphatic carbocycles. The first-order valence-electron chi connectivity index (χ1n) is 10.5. The highest BCUT2D eigenvalue weighted by molar-refractivity contribution is 14.1. The lowest BCUT2D eigenvalue weighted by Crippen LogP contribution is -2.03. The van der Waals surface area contributed by atoms with Gasteiger partial charge in [0, 0.05) is 18.7 Å². The standard InChI is InChI=1S/C24H22IN5O4/c1-3-29-21-7-5-4-6-20(21)27-24(29)28-26-14-17-12-19(25)23(22(13-17)33-2)34-15-16-8-10-18(11-9-16)30(31)32/h4-14H,3,15H2,1-2H3,(H,27,28)/b26-14-. The summed E-state index contributed by atoms with van der Waals surface area (Å²) in [6.45, 7) is 3.09. The number of methoxy groups -OCH3 is 1. The Morgan fingerprint density at radius 1 is 1.21 bits per heavy atom. The number of nitrogens with zero attached hydrogens (tertiary/aromatic N) is 4. The highest BCUT2D eigenvalue weighted by Crippen LogP contribution is 2.34. The van der Waals surface area contributed by atoms with Crippen LogP contribution in [0.4, 0.5) is 11.6 Å². The summed E-state index contributed by atoms with van der Waals surface area (Å²) in [6.07, 6.45) is 1.70. The number of benzene rings is 3. The number of halogens is 1. The zero-order valence-corrected chi connectivity index (χ0v) is 20.7. The van der Waals surface area contributed by atoms with Crippen molar-refractivity contribution in [1.82, 2.24) is 9.55 Å². The highest BCUT2D eigenvalue weighted by Gasteiger charge is 2.13. The average Bonchev–Trinajstić information content (AvgIpc) is 3.20. The molecule has 0 aliphatic rings. The topological polar surface area (TPSA) is 104 Å². The predicted molar refractivity (Wildman–Crippen MR) is 140 cm³/mol. The Bertz CT molecular complexity index is 1350. The van der Waals surface area contributed by atoms with Gasteiger partial charge in [-0.3, -0.25) is 10.1 Å². The summed E-state index contributed by atoms with van der Waals surface area (Å²) < 4.78 is 14.4. The second-order valence-electron chi connectivity index (χ2n) is 7.28. The first kappa shape index (κ1) is 23.5. The molecule has 1 aromatic heterocycles. The molecule has 0 saturated heterocycles. The Morgan fingerprint density at radius 2 is 1.97 bits per heavy atom. The Hall–Kier alpha value is -3.67. The van der Waals surface area contributed by atoms with Crippen molar-refractivity contribution in [3.05, 3.63) is 85.5 Å². The summed E-state index contributed by atoms with van der Waals surface area (Å²) in [4.78, 5) is 15.0. The molecule has 174 valence electrons. The Balaban J connectivity index is 1.48. The number of aromatic nitrogens is 2. The maximum atomic E-state index is 10.8. The van der Waals surface area contributed by atoms with Crippen LogP contribution in [0.3, 0.4) is 0 Å². The van der Waals surface area contributed by atoms with E-state index in [1.54, 1.807) is 25.5 Å². The number of fused-ring (bicyclic) bond motifs is 1. The monoisotopic (exact) mass is 571 g/mol. The zero-order valence-electron chi connectivity index (χ0n) is 18.6. The largest absolute Gasteiger partial charge is 0.493 e. The number of hydrogen-bond donors (Lipinski definition) is 1. The van der Waals surface area contributed by atoms with Gasteiger partial charge < -0.3 is 14.0 Å². The third kappa shape index (κ3) is 5.11. The van der Waals surface area contributed by atoms with Crippen molar-refractivity contribution in [2.75, 3.05) is 12.5 Å². The second-order valence-corrected chi connectivity index (χ2v) is 8.45. The quantitative estimate of drug-likeness (QED) is 0.121. The van der Waals surface area contributed by atoms with Gasteiger partial charge in [0.1, 0.15) is 6.61 Å². The molecule has 9 nitrogen and oxygen atoms in total. The maximum Gasteiger partial charge on any atom is 0.269 e. The van der Waals surface area contributed by atoms with E-state index in [1.807, 2.05) is 36.4 Å². The molecule has 0 radical (unpaired) electrons. The molecule has 1 heterocycles. The van der Waals surface area contributed by atoms with Crippen LogP contribution in [0.2, 0.25) is 0 Å². The Kier molecular flexibility index (Phi) is 7.26. The number of nitro benzene ring substituents is 1. The SMILES string of the molecule is CCn1c(N/N=C\c2cc(I)c(OCc3ccc([N+](=O)[O-])cc3)c(OC)c2)nc2ccccc21. The van der Waals surface area contributed by atoms with E-state index >= 15 is 0 Å². The Morgan fingerprint density at radius 3 is 2.68 bits per heavy atom. The van der Waals surface area contributed by atoms with Crippen LogP contribution in [0.25, 0.3) is 11.0 Å². The molecule has 1 N–H and O–H groups in total. The molecule has 0 unspecified atom stereocenters. The van der Waals surface area contributed by atoms with Crippen LogP contribution in [0.1, 0.15) is 18.1 Å². The number of nitro groups is 1. The van der Waals surface area contributed by atoms with Gasteiger partial charge >= 0.3 is 0 Å². The van der Waals surface area contributed by atoms with E-state index in [-0.39, 0.29) is 12.3 Å². The van der Waals surface area contributed by atoms with Gasteiger partial charge in [-0.25, -0.2) is 10.4 Å². The molecule has 0 aliphatic heterocycles. The fraction of sp³-hybridized carbons (Fsp3) is 0.167. The number of anilines is 1. The van der Waals surface area contributed by atoms with E-state index in [0.717, 1.165) is 32.3 Å². The summed E-state index contributed by atoms with van der Waals surface area (Å²) in [5.74, 6) is 1.83. The van der Waals surface area contributed by atoms with Crippen molar-refractivity contribution in [3.8, 4) is 11.5 Å². The lowest BCUT2D eigenvalue weighted by atomic mass is 10.2. The van der Waals surface area contributed by atoms with E-state index in [2.05, 4.69) is 49.6 Å². The second kappa shape index (κ2) is 10.5. The van der Waals surface area contributed by atoms with E-state index in [9.17, 15) is 10.1 Å². The predicted octanol–water partition coefficient (Wildman–Crippen LogP) is 5.60. The number of para-hydroxylation sites is 2. The molecule has 0 fully saturated rings. The average molecular weight is 571 g/mol. The van der Waals surface area contributed by atoms with Crippen molar-refractivity contribution in [1.29, 1.82) is 0 Å². The van der Waals surface area contributed by atoms with Crippen LogP contribution in [-0.2, 0) is 13.2 Å². The Labute approximate surface area is 209 Å². The molecule has 0 atom stereocenters. The molecule has 4 rings (SSSR count). The molecule has 10 heteroatoms. The normalized spacial score (nSPS) is 11.1. The molecular weight excluding hydrogens is 549 g/mol. The van der Waals surface area contributed by atoms with Crippen LogP contribution in [0, 0.1) is 13.7 Å². The van der Waals surface area contributed by atoms with E-state index in [0.29, 0.717) is 17.4 Å². The molecule has 0 saturated carbocycles. The lowest BCUT2D eigenvalue weighted by Gasteiger charge is -2.13. The highest BCUT2D eigenvalue weighted by atomic mass is 127. The van der Waals surface area contributed by atoms with E-state index in [4.69, 9.17) is 9.47 Å². The van der Waals surface area contributed by atoms with Crippen molar-refractivity contribution < 1.29 is 14.4 Å². The number of rotatable bonds is 9. The zero-order chi connectivity index (χ0) is 24.1. The van der Waals surface area contributed by atoms with Gasteiger partial charge in [-0.15, -0.1) is 0 Å². The van der Waals surface area contributed by atoms with Gasteiger partial charge in [-0.05, 0) is 77.0 Å². The number of aryl methyl sites for hydroxylation is 1. The fourth-order valence-electron chi connectivity index (χ4n) is 3.47. The first-order valence-corrected chi connectivity index (χ1v) is 11.6. The van der Waals surface area contributed by atoms with Crippen LogP contribution in [0.5, 0.6) is 11.5 Å². The van der Waals surface area contributed by atoms with Crippen LogP contribution >= 0.6 is 22.6 Å². The lowest BCUT2D eigenvalue weighted by molar-refractivity contribution is -0.384. The van der Waals surface area contributed by atoms with Gasteiger partial charge in [-0.2, -0.15) is 5.10 Å². The van der Waals surface area contributed by atoms with Crippen molar-refractivity contribution >= 4 is 51.5 Å². The molecule has 4 aromatic rings. The minimum Gasteiger partial charge on any atom is -0.493 e. The van der Waals surface area contributed by atoms with Gasteiger partial charge in [-0.1, -0.05) is 12.1 Å². The molecule has 0 bridgehead atoms. The number of ether oxygens (including phenoxy) is 2. The summed E-state index contributed by atoms with van der Waals surface area (Å²) >= 11 is 2.18. The summed E-state index contributed by atoms with van der Waals surface area (Å²) in [5.41, 5.74) is 6.68. The van der Waals surface area contributed by atoms with Gasteiger partial charge in [0.05, 0.1) is 32.9 Å². The van der Waals surface area contributed by atoms with Crippen molar-refractivity contribution in [3.63, 3.8) is 0 Å². The van der Waals surface area contributed by atoms with Crippen molar-refractivity contribution in [2.24, 2.45) is 5.10 Å². The molecular formula is C24H22IN5O4. The molecule has 0 spiro atoms. The van der Waals surface area contributed by atoms with E-state index in [1.165, 1.54) is 12.1 Å². The smallest absolute Gasteiger partial charge is 0.269 e. The fourth-order valence-corrected chi connectivity index (χ4v) is 4.25. The summed E-state index contributed by atoms with van der Waals surface area (Å²) in [7, 11) is 1.58. The third-order valence-corrected chi connectivity index (χ3v) is 5.93. The minimum atomic E-state index is -0.427. The van der Waals surface area contributed by atoms with Crippen LogP contribution < -0.4 is 14.9 Å². The number of non-ortho nitro benzene ring substituents is 1. The third-order valence-electron chi connectivity index (χ3n) is 5.13. The van der Waals surface area contributed by atoms with Gasteiger partial charge in [0.15, 0.2) is 11.5 Å². The number of hydrazone groups is 1. The van der Waals surface area contributed by atoms with Crippen molar-refractivity contribution in [2.45, 2.75) is 20.1 Å². The summed E-state index contributed by atoms with van der Waals surface area (Å²) in [6, 6.07) is 18.0. The molecule has 3 aromatic carbocycles. The molecule has 34 heavy (non-hydrogen) atoms.